The van der Waals surface area contributed by atoms with Gasteiger partial charge in [-0.05, 0) is 40.9 Å². The maximum absolute atomic E-state index is 5.43. The molecule has 0 fully saturated rings. The van der Waals surface area contributed by atoms with E-state index >= 15 is 0 Å². The summed E-state index contributed by atoms with van der Waals surface area (Å²) >= 11 is 7.08. The zero-order chi connectivity index (χ0) is 11.0. The van der Waals surface area contributed by atoms with E-state index in [2.05, 4.69) is 36.9 Å². The lowest BCUT2D eigenvalue weighted by Gasteiger charge is -2.20. The van der Waals surface area contributed by atoms with Crippen LogP contribution >= 0.6 is 31.9 Å². The van der Waals surface area contributed by atoms with Crippen molar-refractivity contribution in [2.75, 3.05) is 7.11 Å². The standard InChI is InChI=1S/C11H11Br2NO/c1-6-3-9(13)10-8(11(6)15-2)4-7(12)5-14-10/h3,5,7H,4H2,1-2H3. The summed E-state index contributed by atoms with van der Waals surface area (Å²) in [6.45, 7) is 2.05. The number of ether oxygens (including phenoxy) is 1. The number of hydrogen-bond donors (Lipinski definition) is 0. The first-order valence-corrected chi connectivity index (χ1v) is 6.38. The quantitative estimate of drug-likeness (QED) is 0.717. The first-order chi connectivity index (χ1) is 7.13. The number of rotatable bonds is 1. The fraction of sp³-hybridized carbons (Fsp3) is 0.364. The zero-order valence-corrected chi connectivity index (χ0v) is 11.7. The monoisotopic (exact) mass is 331 g/mol. The molecule has 0 aromatic heterocycles. The first kappa shape index (κ1) is 11.1. The summed E-state index contributed by atoms with van der Waals surface area (Å²) in [7, 11) is 1.71. The van der Waals surface area contributed by atoms with Crippen molar-refractivity contribution in [2.45, 2.75) is 18.2 Å². The molecular formula is C11H11Br2NO. The van der Waals surface area contributed by atoms with E-state index in [4.69, 9.17) is 4.74 Å². The van der Waals surface area contributed by atoms with Crippen molar-refractivity contribution in [3.8, 4) is 5.75 Å². The minimum absolute atomic E-state index is 0.299. The molecule has 1 aliphatic heterocycles. The van der Waals surface area contributed by atoms with Crippen molar-refractivity contribution in [3.63, 3.8) is 0 Å². The zero-order valence-electron chi connectivity index (χ0n) is 8.55. The predicted molar refractivity (Wildman–Crippen MR) is 70.0 cm³/mol. The molecule has 1 aromatic rings. The van der Waals surface area contributed by atoms with E-state index in [0.717, 1.165) is 27.9 Å². The molecule has 15 heavy (non-hydrogen) atoms. The molecule has 80 valence electrons. The number of aliphatic imine (C=N–C) groups is 1. The number of aryl methyl sites for hydroxylation is 1. The van der Waals surface area contributed by atoms with E-state index in [-0.39, 0.29) is 0 Å². The lowest BCUT2D eigenvalue weighted by Crippen LogP contribution is -2.10. The normalized spacial score (nSPS) is 18.8. The predicted octanol–water partition coefficient (Wildman–Crippen LogP) is 3.79. The Labute approximate surface area is 106 Å². The van der Waals surface area contributed by atoms with Crippen LogP contribution in [-0.2, 0) is 6.42 Å². The van der Waals surface area contributed by atoms with Gasteiger partial charge < -0.3 is 4.74 Å². The van der Waals surface area contributed by atoms with Crippen LogP contribution in [0.2, 0.25) is 0 Å². The topological polar surface area (TPSA) is 21.6 Å². The fourth-order valence-electron chi connectivity index (χ4n) is 1.83. The van der Waals surface area contributed by atoms with E-state index in [9.17, 15) is 0 Å². The number of fused-ring (bicyclic) bond motifs is 1. The van der Waals surface area contributed by atoms with Gasteiger partial charge in [0.1, 0.15) is 5.75 Å². The van der Waals surface area contributed by atoms with E-state index < -0.39 is 0 Å². The highest BCUT2D eigenvalue weighted by atomic mass is 79.9. The number of benzene rings is 1. The molecule has 0 radical (unpaired) electrons. The molecule has 1 heterocycles. The second kappa shape index (κ2) is 4.26. The van der Waals surface area contributed by atoms with Crippen molar-refractivity contribution in [1.29, 1.82) is 0 Å². The van der Waals surface area contributed by atoms with Gasteiger partial charge in [-0.25, -0.2) is 0 Å². The van der Waals surface area contributed by atoms with E-state index in [1.54, 1.807) is 7.11 Å². The number of hydrogen-bond acceptors (Lipinski definition) is 2. The van der Waals surface area contributed by atoms with Crippen LogP contribution in [0.5, 0.6) is 5.75 Å². The average molecular weight is 333 g/mol. The van der Waals surface area contributed by atoms with Crippen molar-refractivity contribution >= 4 is 43.8 Å². The molecule has 4 heteroatoms. The third-order valence-corrected chi connectivity index (χ3v) is 3.62. The summed E-state index contributed by atoms with van der Waals surface area (Å²) < 4.78 is 6.46. The van der Waals surface area contributed by atoms with Crippen molar-refractivity contribution in [2.24, 2.45) is 4.99 Å². The van der Waals surface area contributed by atoms with E-state index in [1.807, 2.05) is 19.2 Å². The minimum atomic E-state index is 0.299. The van der Waals surface area contributed by atoms with Crippen LogP contribution in [0, 0.1) is 6.92 Å². The number of halogens is 2. The van der Waals surface area contributed by atoms with Gasteiger partial charge in [-0.2, -0.15) is 0 Å². The van der Waals surface area contributed by atoms with Crippen molar-refractivity contribution in [3.05, 3.63) is 21.7 Å². The molecule has 1 atom stereocenters. The molecule has 1 aromatic carbocycles. The second-order valence-corrected chi connectivity index (χ2v) is 5.56. The Morgan fingerprint density at radius 3 is 2.93 bits per heavy atom. The van der Waals surface area contributed by atoms with Crippen LogP contribution in [0.1, 0.15) is 11.1 Å². The highest BCUT2D eigenvalue weighted by molar-refractivity contribution is 9.10. The van der Waals surface area contributed by atoms with Gasteiger partial charge in [0.2, 0.25) is 0 Å². The van der Waals surface area contributed by atoms with Gasteiger partial charge in [0.05, 0.1) is 17.6 Å². The molecule has 0 bridgehead atoms. The smallest absolute Gasteiger partial charge is 0.127 e. The molecule has 1 unspecified atom stereocenters. The van der Waals surface area contributed by atoms with Gasteiger partial charge in [-0.1, -0.05) is 15.9 Å². The Kier molecular flexibility index (Phi) is 3.16. The van der Waals surface area contributed by atoms with Gasteiger partial charge in [0.25, 0.3) is 0 Å². The lowest BCUT2D eigenvalue weighted by atomic mass is 10.0. The Bertz CT molecular complexity index is 429. The molecule has 0 N–H and O–H groups in total. The summed E-state index contributed by atoms with van der Waals surface area (Å²) in [6.07, 6.45) is 2.84. The van der Waals surface area contributed by atoms with Crippen LogP contribution < -0.4 is 4.74 Å². The van der Waals surface area contributed by atoms with Gasteiger partial charge in [-0.15, -0.1) is 0 Å². The summed E-state index contributed by atoms with van der Waals surface area (Å²) in [5.74, 6) is 0.953. The number of alkyl halides is 1. The first-order valence-electron chi connectivity index (χ1n) is 4.67. The van der Waals surface area contributed by atoms with Crippen LogP contribution in [-0.4, -0.2) is 18.2 Å². The third kappa shape index (κ3) is 1.97. The molecule has 1 aliphatic rings. The maximum Gasteiger partial charge on any atom is 0.127 e. The Hall–Kier alpha value is -0.350. The molecule has 0 aliphatic carbocycles. The van der Waals surface area contributed by atoms with Gasteiger partial charge in [0, 0.05) is 16.3 Å². The Balaban J connectivity index is 2.65. The Morgan fingerprint density at radius 1 is 1.53 bits per heavy atom. The minimum Gasteiger partial charge on any atom is -0.496 e. The maximum atomic E-state index is 5.43. The largest absolute Gasteiger partial charge is 0.496 e. The fourth-order valence-corrected chi connectivity index (χ4v) is 2.96. The average Bonchev–Trinajstić information content (AvgIpc) is 2.17. The molecule has 0 saturated heterocycles. The lowest BCUT2D eigenvalue weighted by molar-refractivity contribution is 0.407. The Morgan fingerprint density at radius 2 is 2.27 bits per heavy atom. The van der Waals surface area contributed by atoms with Gasteiger partial charge in [-0.3, -0.25) is 4.99 Å². The molecule has 2 rings (SSSR count). The molecular weight excluding hydrogens is 322 g/mol. The van der Waals surface area contributed by atoms with Crippen LogP contribution in [0.4, 0.5) is 5.69 Å². The molecule has 2 nitrogen and oxygen atoms in total. The van der Waals surface area contributed by atoms with Gasteiger partial charge >= 0.3 is 0 Å². The highest BCUT2D eigenvalue weighted by Gasteiger charge is 2.20. The summed E-state index contributed by atoms with van der Waals surface area (Å²) in [4.78, 5) is 4.72. The summed E-state index contributed by atoms with van der Waals surface area (Å²) in [5, 5.41) is 0. The number of methoxy groups -OCH3 is 1. The van der Waals surface area contributed by atoms with Crippen molar-refractivity contribution in [1.82, 2.24) is 0 Å². The second-order valence-electron chi connectivity index (χ2n) is 3.53. The van der Waals surface area contributed by atoms with Crippen LogP contribution in [0.3, 0.4) is 0 Å². The third-order valence-electron chi connectivity index (χ3n) is 2.46. The molecule has 0 saturated carbocycles. The van der Waals surface area contributed by atoms with Crippen LogP contribution in [0.15, 0.2) is 15.5 Å². The number of nitrogens with zero attached hydrogens (tertiary/aromatic N) is 1. The highest BCUT2D eigenvalue weighted by Crippen LogP contribution is 2.41. The van der Waals surface area contributed by atoms with E-state index in [1.165, 1.54) is 5.56 Å². The van der Waals surface area contributed by atoms with Crippen LogP contribution in [0.25, 0.3) is 0 Å². The summed E-state index contributed by atoms with van der Waals surface area (Å²) in [6, 6.07) is 2.05. The van der Waals surface area contributed by atoms with Crippen molar-refractivity contribution < 1.29 is 4.74 Å². The van der Waals surface area contributed by atoms with E-state index in [0.29, 0.717) is 4.83 Å². The van der Waals surface area contributed by atoms with Gasteiger partial charge in [0.15, 0.2) is 0 Å². The SMILES string of the molecule is COc1c(C)cc(Br)c2c1CC(Br)C=N2. The summed E-state index contributed by atoms with van der Waals surface area (Å²) in [5.41, 5.74) is 3.31. The molecule has 0 amide bonds. The molecule has 0 spiro atoms.